The number of benzene rings is 1. The predicted molar refractivity (Wildman–Crippen MR) is 52.9 cm³/mol. The summed E-state index contributed by atoms with van der Waals surface area (Å²) in [6, 6.07) is 2.85. The molecule has 0 atom stereocenters. The van der Waals surface area contributed by atoms with Gasteiger partial charge in [-0.05, 0) is 18.1 Å². The highest BCUT2D eigenvalue weighted by atomic mass is 19.4. The molecule has 6 heteroatoms. The van der Waals surface area contributed by atoms with Crippen LogP contribution in [0.3, 0.4) is 0 Å². The Morgan fingerprint density at radius 3 is 2.47 bits per heavy atom. The summed E-state index contributed by atoms with van der Waals surface area (Å²) in [6.45, 7) is 0. The molecule has 0 radical (unpaired) electrons. The van der Waals surface area contributed by atoms with Gasteiger partial charge in [-0.15, -0.1) is 0 Å². The molecule has 1 aromatic rings. The van der Waals surface area contributed by atoms with E-state index in [9.17, 15) is 22.8 Å². The van der Waals surface area contributed by atoms with Crippen LogP contribution in [0.4, 0.5) is 13.2 Å². The van der Waals surface area contributed by atoms with Crippen LogP contribution in [0.1, 0.15) is 21.5 Å². The number of carbonyl (C=O) groups is 2. The first-order chi connectivity index (χ1) is 7.84. The molecule has 17 heavy (non-hydrogen) atoms. The minimum Gasteiger partial charge on any atom is -0.359 e. The van der Waals surface area contributed by atoms with Crippen molar-refractivity contribution in [1.82, 2.24) is 0 Å². The van der Waals surface area contributed by atoms with Crippen LogP contribution in [0, 0.1) is 11.8 Å². The van der Waals surface area contributed by atoms with Crippen LogP contribution in [-0.2, 0) is 11.0 Å². The average Bonchev–Trinajstić information content (AvgIpc) is 2.24. The lowest BCUT2D eigenvalue weighted by Gasteiger charge is -2.09. The average molecular weight is 241 g/mol. The molecule has 1 amide bonds. The number of nitrogens with two attached hydrogens (primary N) is 1. The van der Waals surface area contributed by atoms with E-state index in [0.717, 1.165) is 6.07 Å². The summed E-state index contributed by atoms with van der Waals surface area (Å²) in [5, 5.41) is 0. The molecule has 0 saturated heterocycles. The smallest absolute Gasteiger partial charge is 0.359 e. The quantitative estimate of drug-likeness (QED) is 0.596. The van der Waals surface area contributed by atoms with E-state index in [1.54, 1.807) is 0 Å². The fraction of sp³-hybridized carbons (Fsp3) is 0.0909. The zero-order chi connectivity index (χ0) is 13.1. The van der Waals surface area contributed by atoms with E-state index in [0.29, 0.717) is 12.4 Å². The lowest BCUT2D eigenvalue weighted by atomic mass is 10.0. The van der Waals surface area contributed by atoms with E-state index in [4.69, 9.17) is 5.73 Å². The molecule has 2 N–H and O–H groups in total. The van der Waals surface area contributed by atoms with E-state index in [1.807, 2.05) is 11.8 Å². The summed E-state index contributed by atoms with van der Waals surface area (Å²) in [7, 11) is 0. The lowest BCUT2D eigenvalue weighted by Crippen LogP contribution is -2.10. The molecule has 0 unspecified atom stereocenters. The number of aldehydes is 1. The van der Waals surface area contributed by atoms with Gasteiger partial charge in [0.05, 0.1) is 5.56 Å². The van der Waals surface area contributed by atoms with Crippen molar-refractivity contribution < 1.29 is 22.8 Å². The van der Waals surface area contributed by atoms with E-state index in [1.165, 1.54) is 6.07 Å². The van der Waals surface area contributed by atoms with Gasteiger partial charge in [0.1, 0.15) is 6.29 Å². The fourth-order valence-electron chi connectivity index (χ4n) is 1.11. The third kappa shape index (κ3) is 3.34. The molecular formula is C11H6F3NO2. The van der Waals surface area contributed by atoms with Gasteiger partial charge in [0, 0.05) is 11.1 Å². The van der Waals surface area contributed by atoms with Gasteiger partial charge in [0.15, 0.2) is 0 Å². The molecule has 0 aliphatic rings. The first-order valence-electron chi connectivity index (χ1n) is 4.32. The monoisotopic (exact) mass is 241 g/mol. The SMILES string of the molecule is NC(=O)C#Cc1ccc(C=O)cc1C(F)(F)F. The van der Waals surface area contributed by atoms with Crippen molar-refractivity contribution in [2.45, 2.75) is 6.18 Å². The largest absolute Gasteiger partial charge is 0.417 e. The molecule has 0 saturated carbocycles. The Kier molecular flexibility index (Phi) is 3.53. The van der Waals surface area contributed by atoms with Gasteiger partial charge in [0.2, 0.25) is 0 Å². The Hall–Kier alpha value is -2.29. The number of carbonyl (C=O) groups excluding carboxylic acids is 2. The van der Waals surface area contributed by atoms with Crippen LogP contribution in [0.2, 0.25) is 0 Å². The van der Waals surface area contributed by atoms with Gasteiger partial charge in [-0.25, -0.2) is 0 Å². The van der Waals surface area contributed by atoms with Crippen molar-refractivity contribution in [2.24, 2.45) is 5.73 Å². The fourth-order valence-corrected chi connectivity index (χ4v) is 1.11. The maximum absolute atomic E-state index is 12.6. The van der Waals surface area contributed by atoms with Crippen LogP contribution in [0.15, 0.2) is 18.2 Å². The number of halogens is 3. The highest BCUT2D eigenvalue weighted by Crippen LogP contribution is 2.32. The van der Waals surface area contributed by atoms with Crippen LogP contribution >= 0.6 is 0 Å². The second-order valence-corrected chi connectivity index (χ2v) is 3.03. The number of alkyl halides is 3. The number of primary amides is 1. The van der Waals surface area contributed by atoms with Crippen molar-refractivity contribution >= 4 is 12.2 Å². The summed E-state index contributed by atoms with van der Waals surface area (Å²) in [4.78, 5) is 20.8. The highest BCUT2D eigenvalue weighted by molar-refractivity contribution is 5.92. The van der Waals surface area contributed by atoms with Gasteiger partial charge < -0.3 is 5.73 Å². The summed E-state index contributed by atoms with van der Waals surface area (Å²) in [5.41, 5.74) is 3.11. The second kappa shape index (κ2) is 4.70. The summed E-state index contributed by atoms with van der Waals surface area (Å²) >= 11 is 0. The van der Waals surface area contributed by atoms with Crippen LogP contribution in [-0.4, -0.2) is 12.2 Å². The van der Waals surface area contributed by atoms with Crippen molar-refractivity contribution in [2.75, 3.05) is 0 Å². The zero-order valence-electron chi connectivity index (χ0n) is 8.34. The molecule has 0 aliphatic carbocycles. The normalized spacial score (nSPS) is 10.3. The molecular weight excluding hydrogens is 235 g/mol. The molecule has 88 valence electrons. The third-order valence-electron chi connectivity index (χ3n) is 1.81. The van der Waals surface area contributed by atoms with Crippen molar-refractivity contribution in [3.63, 3.8) is 0 Å². The lowest BCUT2D eigenvalue weighted by molar-refractivity contribution is -0.137. The molecule has 0 aliphatic heterocycles. The van der Waals surface area contributed by atoms with Crippen molar-refractivity contribution in [3.05, 3.63) is 34.9 Å². The van der Waals surface area contributed by atoms with Crippen LogP contribution in [0.25, 0.3) is 0 Å². The molecule has 0 bridgehead atoms. The van der Waals surface area contributed by atoms with Gasteiger partial charge in [-0.2, -0.15) is 13.2 Å². The number of hydrogen-bond acceptors (Lipinski definition) is 2. The molecule has 1 aromatic carbocycles. The Labute approximate surface area is 94.4 Å². The number of hydrogen-bond donors (Lipinski definition) is 1. The summed E-state index contributed by atoms with van der Waals surface area (Å²) in [5.74, 6) is 2.79. The third-order valence-corrected chi connectivity index (χ3v) is 1.81. The van der Waals surface area contributed by atoms with Crippen molar-refractivity contribution in [1.29, 1.82) is 0 Å². The molecule has 1 rings (SSSR count). The first kappa shape index (κ1) is 12.8. The second-order valence-electron chi connectivity index (χ2n) is 3.03. The minimum absolute atomic E-state index is 0.123. The van der Waals surface area contributed by atoms with Gasteiger partial charge in [-0.3, -0.25) is 9.59 Å². The molecule has 0 heterocycles. The van der Waals surface area contributed by atoms with E-state index < -0.39 is 23.2 Å². The molecule has 3 nitrogen and oxygen atoms in total. The Balaban J connectivity index is 3.37. The number of amides is 1. The van der Waals surface area contributed by atoms with Gasteiger partial charge in [0.25, 0.3) is 5.91 Å². The standard InChI is InChI=1S/C11H6F3NO2/c12-11(13,14)9-5-7(6-16)1-2-8(9)3-4-10(15)17/h1-2,5-6H,(H2,15,17). The first-order valence-corrected chi connectivity index (χ1v) is 4.32. The topological polar surface area (TPSA) is 60.2 Å². The van der Waals surface area contributed by atoms with E-state index in [2.05, 4.69) is 0 Å². The number of rotatable bonds is 1. The Morgan fingerprint density at radius 1 is 1.35 bits per heavy atom. The van der Waals surface area contributed by atoms with Gasteiger partial charge in [-0.1, -0.05) is 12.0 Å². The summed E-state index contributed by atoms with van der Waals surface area (Å²) < 4.78 is 37.8. The Morgan fingerprint density at radius 2 is 2.00 bits per heavy atom. The van der Waals surface area contributed by atoms with Crippen LogP contribution in [0.5, 0.6) is 0 Å². The highest BCUT2D eigenvalue weighted by Gasteiger charge is 2.33. The maximum atomic E-state index is 12.6. The minimum atomic E-state index is -4.65. The van der Waals surface area contributed by atoms with Crippen LogP contribution < -0.4 is 5.73 Å². The molecule has 0 spiro atoms. The van der Waals surface area contributed by atoms with Gasteiger partial charge >= 0.3 is 6.18 Å². The predicted octanol–water partition coefficient (Wildman–Crippen LogP) is 1.35. The van der Waals surface area contributed by atoms with E-state index in [-0.39, 0.29) is 5.56 Å². The molecule has 0 aromatic heterocycles. The van der Waals surface area contributed by atoms with E-state index >= 15 is 0 Å². The molecule has 0 fully saturated rings. The summed E-state index contributed by atoms with van der Waals surface area (Å²) in [6.07, 6.45) is -4.36. The zero-order valence-corrected chi connectivity index (χ0v) is 8.34. The Bertz CT molecular complexity index is 524. The maximum Gasteiger partial charge on any atom is 0.417 e. The van der Waals surface area contributed by atoms with Crippen molar-refractivity contribution in [3.8, 4) is 11.8 Å².